The molecule has 1 nitrogen and oxygen atoms in total. The van der Waals surface area contributed by atoms with Crippen molar-refractivity contribution >= 4 is 0 Å². The van der Waals surface area contributed by atoms with Gasteiger partial charge in [-0.1, -0.05) is 66.4 Å². The molecule has 0 saturated heterocycles. The van der Waals surface area contributed by atoms with Gasteiger partial charge < -0.3 is 5.32 Å². The van der Waals surface area contributed by atoms with E-state index in [2.05, 4.69) is 39.6 Å². The van der Waals surface area contributed by atoms with Gasteiger partial charge >= 0.3 is 0 Å². The van der Waals surface area contributed by atoms with Gasteiger partial charge in [0.2, 0.25) is 0 Å². The fourth-order valence-corrected chi connectivity index (χ4v) is 2.02. The van der Waals surface area contributed by atoms with E-state index in [-0.39, 0.29) is 0 Å². The van der Waals surface area contributed by atoms with Crippen LogP contribution in [0.25, 0.3) is 0 Å². The van der Waals surface area contributed by atoms with E-state index in [1.165, 1.54) is 50.6 Å². The first-order chi connectivity index (χ1) is 8.52. The third kappa shape index (κ3) is 13.6. The summed E-state index contributed by atoms with van der Waals surface area (Å²) in [6.45, 7) is 14.4. The third-order valence-corrected chi connectivity index (χ3v) is 3.36. The van der Waals surface area contributed by atoms with Gasteiger partial charge in [-0.05, 0) is 31.1 Å². The van der Waals surface area contributed by atoms with Gasteiger partial charge in [-0.2, -0.15) is 0 Å². The molecule has 0 atom stereocenters. The summed E-state index contributed by atoms with van der Waals surface area (Å²) in [4.78, 5) is 0. The first-order valence-corrected chi connectivity index (χ1v) is 7.94. The second-order valence-corrected chi connectivity index (χ2v) is 6.41. The number of hydrogen-bond acceptors (Lipinski definition) is 1. The van der Waals surface area contributed by atoms with Crippen molar-refractivity contribution in [3.63, 3.8) is 0 Å². The first-order valence-electron chi connectivity index (χ1n) is 7.94. The Morgan fingerprint density at radius 2 is 1.39 bits per heavy atom. The van der Waals surface area contributed by atoms with E-state index in [1.807, 2.05) is 0 Å². The third-order valence-electron chi connectivity index (χ3n) is 3.36. The van der Waals surface area contributed by atoms with Crippen LogP contribution in [0.3, 0.4) is 0 Å². The minimum Gasteiger partial charge on any atom is -0.389 e. The van der Waals surface area contributed by atoms with Gasteiger partial charge in [0.25, 0.3) is 0 Å². The highest BCUT2D eigenvalue weighted by Gasteiger charge is 1.98. The van der Waals surface area contributed by atoms with Gasteiger partial charge in [-0.3, -0.25) is 0 Å². The summed E-state index contributed by atoms with van der Waals surface area (Å²) in [6, 6.07) is 0. The molecule has 108 valence electrons. The van der Waals surface area contributed by atoms with Gasteiger partial charge in [0.15, 0.2) is 0 Å². The molecule has 0 rings (SSSR count). The summed E-state index contributed by atoms with van der Waals surface area (Å²) in [7, 11) is 0. The van der Waals surface area contributed by atoms with Gasteiger partial charge in [0.1, 0.15) is 0 Å². The van der Waals surface area contributed by atoms with Crippen molar-refractivity contribution in [1.29, 1.82) is 0 Å². The Morgan fingerprint density at radius 1 is 0.833 bits per heavy atom. The highest BCUT2D eigenvalue weighted by molar-refractivity contribution is 4.90. The molecule has 0 aliphatic heterocycles. The van der Waals surface area contributed by atoms with E-state index >= 15 is 0 Å². The fraction of sp³-hybridized carbons (Fsp3) is 0.882. The van der Waals surface area contributed by atoms with Crippen molar-refractivity contribution in [3.05, 3.63) is 12.3 Å². The van der Waals surface area contributed by atoms with Crippen molar-refractivity contribution in [2.45, 2.75) is 79.1 Å². The molecule has 0 aliphatic carbocycles. The summed E-state index contributed by atoms with van der Waals surface area (Å²) < 4.78 is 0. The number of nitrogens with one attached hydrogen (secondary N) is 1. The molecule has 0 bridgehead atoms. The summed E-state index contributed by atoms with van der Waals surface area (Å²) in [5.41, 5.74) is 1.23. The molecule has 0 heterocycles. The minimum atomic E-state index is 0.782. The van der Waals surface area contributed by atoms with Crippen molar-refractivity contribution in [2.24, 2.45) is 11.8 Å². The molecular weight excluding hydrogens is 218 g/mol. The van der Waals surface area contributed by atoms with Crippen LogP contribution in [0.4, 0.5) is 0 Å². The Hall–Kier alpha value is -0.460. The normalized spacial score (nSPS) is 11.2. The Kier molecular flexibility index (Phi) is 11.3. The van der Waals surface area contributed by atoms with Crippen LogP contribution in [-0.4, -0.2) is 6.54 Å². The predicted octanol–water partition coefficient (Wildman–Crippen LogP) is 5.52. The maximum atomic E-state index is 4.08. The highest BCUT2D eigenvalue weighted by Crippen LogP contribution is 2.11. The lowest BCUT2D eigenvalue weighted by molar-refractivity contribution is 0.511. The summed E-state index contributed by atoms with van der Waals surface area (Å²) >= 11 is 0. The molecule has 0 radical (unpaired) electrons. The Morgan fingerprint density at radius 3 is 2.00 bits per heavy atom. The molecule has 0 aromatic heterocycles. The zero-order valence-corrected chi connectivity index (χ0v) is 13.2. The van der Waals surface area contributed by atoms with Crippen LogP contribution in [0.15, 0.2) is 12.3 Å². The van der Waals surface area contributed by atoms with Crippen LogP contribution < -0.4 is 5.32 Å². The van der Waals surface area contributed by atoms with Crippen LogP contribution in [0, 0.1) is 11.8 Å². The number of hydrogen-bond donors (Lipinski definition) is 1. The van der Waals surface area contributed by atoms with E-state index in [1.54, 1.807) is 0 Å². The fourth-order valence-electron chi connectivity index (χ4n) is 2.02. The van der Waals surface area contributed by atoms with E-state index in [4.69, 9.17) is 0 Å². The monoisotopic (exact) mass is 253 g/mol. The van der Waals surface area contributed by atoms with Crippen LogP contribution >= 0.6 is 0 Å². The van der Waals surface area contributed by atoms with Crippen molar-refractivity contribution in [2.75, 3.05) is 6.54 Å². The van der Waals surface area contributed by atoms with E-state index in [9.17, 15) is 0 Å². The topological polar surface area (TPSA) is 12.0 Å². The quantitative estimate of drug-likeness (QED) is 0.451. The molecule has 0 aromatic carbocycles. The van der Waals surface area contributed by atoms with Crippen LogP contribution in [0.5, 0.6) is 0 Å². The second-order valence-electron chi connectivity index (χ2n) is 6.41. The molecule has 0 spiro atoms. The molecule has 0 fully saturated rings. The molecule has 0 unspecified atom stereocenters. The average Bonchev–Trinajstić information content (AvgIpc) is 2.29. The number of rotatable bonds is 12. The molecule has 1 heteroatoms. The maximum Gasteiger partial charge on any atom is 0.0143 e. The zero-order chi connectivity index (χ0) is 13.8. The lowest BCUT2D eigenvalue weighted by Crippen LogP contribution is -2.14. The van der Waals surface area contributed by atoms with Gasteiger partial charge in [0, 0.05) is 12.2 Å². The highest BCUT2D eigenvalue weighted by atomic mass is 14.9. The summed E-state index contributed by atoms with van der Waals surface area (Å²) in [6.07, 6.45) is 10.6. The lowest BCUT2D eigenvalue weighted by Gasteiger charge is -2.11. The van der Waals surface area contributed by atoms with Crippen molar-refractivity contribution in [1.82, 2.24) is 5.32 Å². The lowest BCUT2D eigenvalue weighted by atomic mass is 10.0. The molecule has 18 heavy (non-hydrogen) atoms. The Balaban J connectivity index is 3.17. The standard InChI is InChI=1S/C17H35N/c1-15(2)11-9-7-6-8-10-14-18-17(5)13-12-16(3)4/h15-16,18H,5-14H2,1-4H3. The van der Waals surface area contributed by atoms with Gasteiger partial charge in [0.05, 0.1) is 0 Å². The number of allylic oxidation sites excluding steroid dienone is 1. The maximum absolute atomic E-state index is 4.08. The first kappa shape index (κ1) is 17.5. The molecule has 0 aliphatic rings. The minimum absolute atomic E-state index is 0.782. The SMILES string of the molecule is C=C(CCC(C)C)NCCCCCCCC(C)C. The second kappa shape index (κ2) is 11.6. The van der Waals surface area contributed by atoms with E-state index in [0.717, 1.165) is 24.8 Å². The van der Waals surface area contributed by atoms with Gasteiger partial charge in [-0.15, -0.1) is 0 Å². The summed E-state index contributed by atoms with van der Waals surface area (Å²) in [5, 5.41) is 3.45. The average molecular weight is 253 g/mol. The Bertz CT molecular complexity index is 194. The van der Waals surface area contributed by atoms with Gasteiger partial charge in [-0.25, -0.2) is 0 Å². The predicted molar refractivity (Wildman–Crippen MR) is 83.8 cm³/mol. The summed E-state index contributed by atoms with van der Waals surface area (Å²) in [5.74, 6) is 1.65. The van der Waals surface area contributed by atoms with Crippen LogP contribution in [0.1, 0.15) is 79.1 Å². The van der Waals surface area contributed by atoms with E-state index < -0.39 is 0 Å². The molecular formula is C17H35N. The molecule has 0 saturated carbocycles. The smallest absolute Gasteiger partial charge is 0.0143 e. The molecule has 0 amide bonds. The zero-order valence-electron chi connectivity index (χ0n) is 13.2. The number of unbranched alkanes of at least 4 members (excludes halogenated alkanes) is 4. The largest absolute Gasteiger partial charge is 0.389 e. The van der Waals surface area contributed by atoms with Crippen molar-refractivity contribution in [3.8, 4) is 0 Å². The van der Waals surface area contributed by atoms with E-state index in [0.29, 0.717) is 0 Å². The Labute approximate surface area is 115 Å². The van der Waals surface area contributed by atoms with Crippen LogP contribution in [0.2, 0.25) is 0 Å². The molecule has 0 aromatic rings. The van der Waals surface area contributed by atoms with Crippen LogP contribution in [-0.2, 0) is 0 Å². The molecule has 1 N–H and O–H groups in total. The van der Waals surface area contributed by atoms with Crippen molar-refractivity contribution < 1.29 is 0 Å².